The molecule has 14 heavy (non-hydrogen) atoms. The number of ether oxygens (including phenoxy) is 1. The Morgan fingerprint density at radius 3 is 2.71 bits per heavy atom. The zero-order valence-electron chi connectivity index (χ0n) is 7.73. The van der Waals surface area contributed by atoms with Crippen LogP contribution < -0.4 is 0 Å². The molecule has 1 aliphatic carbocycles. The molecule has 76 valence electrons. The normalized spacial score (nSPS) is 16.4. The molecular weight excluding hydrogens is 184 g/mol. The van der Waals surface area contributed by atoms with Crippen LogP contribution in [0.2, 0.25) is 0 Å². The first kappa shape index (κ1) is 10.5. The summed E-state index contributed by atoms with van der Waals surface area (Å²) in [5.41, 5.74) is 0. The van der Waals surface area contributed by atoms with E-state index >= 15 is 0 Å². The van der Waals surface area contributed by atoms with Crippen LogP contribution >= 0.6 is 0 Å². The molecule has 0 fully saturated rings. The number of hydrogen-bond acceptors (Lipinski definition) is 3. The van der Waals surface area contributed by atoms with Gasteiger partial charge in [-0.2, -0.15) is 0 Å². The van der Waals surface area contributed by atoms with Crippen molar-refractivity contribution in [3.05, 3.63) is 24.0 Å². The Bertz CT molecular complexity index is 288. The fourth-order valence-electron chi connectivity index (χ4n) is 1.20. The van der Waals surface area contributed by atoms with E-state index in [0.717, 1.165) is 37.8 Å². The Morgan fingerprint density at radius 1 is 1.36 bits per heavy atom. The fourth-order valence-corrected chi connectivity index (χ4v) is 1.20. The zero-order valence-corrected chi connectivity index (χ0v) is 7.73. The summed E-state index contributed by atoms with van der Waals surface area (Å²) in [5, 5.41) is 8.26. The van der Waals surface area contributed by atoms with Gasteiger partial charge in [-0.25, -0.2) is 9.59 Å². The van der Waals surface area contributed by atoms with Crippen LogP contribution in [-0.4, -0.2) is 17.0 Å². The molecule has 0 amide bonds. The highest BCUT2D eigenvalue weighted by Crippen LogP contribution is 2.18. The highest BCUT2D eigenvalue weighted by Gasteiger charge is 2.07. The number of allylic oxidation sites excluding steroid dienone is 2. The third-order valence-corrected chi connectivity index (χ3v) is 1.84. The number of esters is 1. The van der Waals surface area contributed by atoms with E-state index in [0.29, 0.717) is 5.76 Å². The van der Waals surface area contributed by atoms with Crippen LogP contribution in [-0.2, 0) is 14.3 Å². The minimum atomic E-state index is -1.15. The molecule has 0 unspecified atom stereocenters. The van der Waals surface area contributed by atoms with Crippen molar-refractivity contribution in [3.8, 4) is 0 Å². The third-order valence-electron chi connectivity index (χ3n) is 1.84. The molecule has 0 atom stereocenters. The Kier molecular flexibility index (Phi) is 3.91. The van der Waals surface area contributed by atoms with Gasteiger partial charge in [0.15, 0.2) is 0 Å². The lowest BCUT2D eigenvalue weighted by molar-refractivity contribution is -0.135. The number of rotatable bonds is 3. The predicted molar refractivity (Wildman–Crippen MR) is 49.4 cm³/mol. The summed E-state index contributed by atoms with van der Waals surface area (Å²) in [4.78, 5) is 21.1. The van der Waals surface area contributed by atoms with E-state index in [1.54, 1.807) is 0 Å². The summed E-state index contributed by atoms with van der Waals surface area (Å²) >= 11 is 0. The Hall–Kier alpha value is -1.58. The molecule has 0 aromatic carbocycles. The maximum Gasteiger partial charge on any atom is 0.336 e. The monoisotopic (exact) mass is 196 g/mol. The van der Waals surface area contributed by atoms with Gasteiger partial charge in [-0.05, 0) is 25.3 Å². The highest BCUT2D eigenvalue weighted by atomic mass is 16.5. The van der Waals surface area contributed by atoms with Gasteiger partial charge in [0.2, 0.25) is 0 Å². The smallest absolute Gasteiger partial charge is 0.336 e. The maximum atomic E-state index is 11.0. The van der Waals surface area contributed by atoms with Crippen LogP contribution in [0.15, 0.2) is 24.0 Å². The Morgan fingerprint density at radius 2 is 2.14 bits per heavy atom. The van der Waals surface area contributed by atoms with Crippen LogP contribution in [0.25, 0.3) is 0 Å². The maximum absolute atomic E-state index is 11.0. The first-order valence-corrected chi connectivity index (χ1v) is 4.50. The van der Waals surface area contributed by atoms with Crippen LogP contribution in [0.5, 0.6) is 0 Å². The molecule has 4 nitrogen and oxygen atoms in total. The molecule has 1 rings (SSSR count). The van der Waals surface area contributed by atoms with Crippen LogP contribution in [0.4, 0.5) is 0 Å². The van der Waals surface area contributed by atoms with E-state index in [-0.39, 0.29) is 0 Å². The SMILES string of the molecule is O=C(O)C=CC(=O)OC1=CCCCC1. The lowest BCUT2D eigenvalue weighted by atomic mass is 10.1. The molecular formula is C10H12O4. The average Bonchev–Trinajstić information content (AvgIpc) is 2.16. The van der Waals surface area contributed by atoms with Gasteiger partial charge in [0.1, 0.15) is 5.76 Å². The van der Waals surface area contributed by atoms with Gasteiger partial charge < -0.3 is 9.84 Å². The lowest BCUT2D eigenvalue weighted by Gasteiger charge is -2.10. The second kappa shape index (κ2) is 5.21. The Balaban J connectivity index is 2.40. The van der Waals surface area contributed by atoms with Gasteiger partial charge in [0.25, 0.3) is 0 Å². The topological polar surface area (TPSA) is 63.6 Å². The Labute approximate surface area is 81.9 Å². The molecule has 0 radical (unpaired) electrons. The molecule has 0 aliphatic heterocycles. The molecule has 0 heterocycles. The van der Waals surface area contributed by atoms with Crippen molar-refractivity contribution in [2.45, 2.75) is 25.7 Å². The molecule has 1 N–H and O–H groups in total. The molecule has 0 saturated heterocycles. The van der Waals surface area contributed by atoms with E-state index in [1.165, 1.54) is 0 Å². The average molecular weight is 196 g/mol. The van der Waals surface area contributed by atoms with Crippen LogP contribution in [0, 0.1) is 0 Å². The van der Waals surface area contributed by atoms with Crippen molar-refractivity contribution in [2.75, 3.05) is 0 Å². The highest BCUT2D eigenvalue weighted by molar-refractivity contribution is 5.91. The quantitative estimate of drug-likeness (QED) is 0.550. The van der Waals surface area contributed by atoms with E-state index in [2.05, 4.69) is 0 Å². The first-order chi connectivity index (χ1) is 6.68. The largest absolute Gasteiger partial charge is 0.478 e. The molecule has 1 aliphatic rings. The third kappa shape index (κ3) is 3.89. The standard InChI is InChI=1S/C10H12O4/c11-9(12)6-7-10(13)14-8-4-2-1-3-5-8/h4,6-7H,1-3,5H2,(H,11,12). The van der Waals surface area contributed by atoms with Crippen molar-refractivity contribution in [1.29, 1.82) is 0 Å². The number of carbonyl (C=O) groups excluding carboxylic acids is 1. The number of carboxylic acids is 1. The van der Waals surface area contributed by atoms with Crippen molar-refractivity contribution < 1.29 is 19.4 Å². The first-order valence-electron chi connectivity index (χ1n) is 4.50. The van der Waals surface area contributed by atoms with Crippen molar-refractivity contribution in [1.82, 2.24) is 0 Å². The minimum absolute atomic E-state index is 0.624. The van der Waals surface area contributed by atoms with E-state index in [1.807, 2.05) is 6.08 Å². The van der Waals surface area contributed by atoms with Gasteiger partial charge in [0, 0.05) is 18.6 Å². The molecule has 0 aromatic rings. The van der Waals surface area contributed by atoms with E-state index in [9.17, 15) is 9.59 Å². The van der Waals surface area contributed by atoms with Crippen molar-refractivity contribution in [3.63, 3.8) is 0 Å². The molecule has 0 bridgehead atoms. The fraction of sp³-hybridized carbons (Fsp3) is 0.400. The van der Waals surface area contributed by atoms with Crippen molar-refractivity contribution in [2.24, 2.45) is 0 Å². The summed E-state index contributed by atoms with van der Waals surface area (Å²) in [6.45, 7) is 0. The van der Waals surface area contributed by atoms with Gasteiger partial charge >= 0.3 is 11.9 Å². The van der Waals surface area contributed by atoms with Gasteiger partial charge in [0.05, 0.1) is 0 Å². The van der Waals surface area contributed by atoms with E-state index in [4.69, 9.17) is 9.84 Å². The van der Waals surface area contributed by atoms with Crippen LogP contribution in [0.1, 0.15) is 25.7 Å². The molecule has 0 spiro atoms. The number of hydrogen-bond donors (Lipinski definition) is 1. The summed E-state index contributed by atoms with van der Waals surface area (Å²) in [5.74, 6) is -1.13. The number of carboxylic acid groups (broad SMARTS) is 1. The zero-order chi connectivity index (χ0) is 10.4. The number of aliphatic carboxylic acids is 1. The van der Waals surface area contributed by atoms with Crippen LogP contribution in [0.3, 0.4) is 0 Å². The summed E-state index contributed by atoms with van der Waals surface area (Å²) in [7, 11) is 0. The van der Waals surface area contributed by atoms with Gasteiger partial charge in [-0.15, -0.1) is 0 Å². The second-order valence-electron chi connectivity index (χ2n) is 3.01. The second-order valence-corrected chi connectivity index (χ2v) is 3.01. The molecule has 4 heteroatoms. The minimum Gasteiger partial charge on any atom is -0.478 e. The van der Waals surface area contributed by atoms with Gasteiger partial charge in [-0.3, -0.25) is 0 Å². The van der Waals surface area contributed by atoms with Gasteiger partial charge in [-0.1, -0.05) is 0 Å². The van der Waals surface area contributed by atoms with E-state index < -0.39 is 11.9 Å². The predicted octanol–water partition coefficient (Wildman–Crippen LogP) is 1.63. The molecule has 0 saturated carbocycles. The summed E-state index contributed by atoms with van der Waals surface area (Å²) in [6.07, 6.45) is 7.37. The lowest BCUT2D eigenvalue weighted by Crippen LogP contribution is -2.04. The summed E-state index contributed by atoms with van der Waals surface area (Å²) in [6, 6.07) is 0. The number of carbonyl (C=O) groups is 2. The molecule has 0 aromatic heterocycles. The van der Waals surface area contributed by atoms with Crippen molar-refractivity contribution >= 4 is 11.9 Å². The summed E-state index contributed by atoms with van der Waals surface area (Å²) < 4.78 is 4.91.